The molecule has 0 saturated heterocycles. The molecule has 1 amide bonds. The number of nitrogens with one attached hydrogen (secondary N) is 1. The number of hydrogen-bond donors (Lipinski definition) is 1. The van der Waals surface area contributed by atoms with Crippen molar-refractivity contribution in [2.45, 2.75) is 20.8 Å². The molecule has 4 rings (SSSR count). The molecule has 7 nitrogen and oxygen atoms in total. The molecule has 0 aromatic heterocycles. The fourth-order valence-electron chi connectivity index (χ4n) is 3.36. The number of para-hydroxylation sites is 1. The van der Waals surface area contributed by atoms with Crippen LogP contribution in [0, 0.1) is 11.3 Å². The Morgan fingerprint density at radius 1 is 0.636 bits per heavy atom. The largest absolute Gasteiger partial charge is 0.434 e. The molecule has 0 unspecified atom stereocenters. The molecule has 7 heteroatoms. The van der Waals surface area contributed by atoms with E-state index < -0.39 is 5.97 Å². The summed E-state index contributed by atoms with van der Waals surface area (Å²) in [5.74, 6) is -0.911. The highest BCUT2D eigenvalue weighted by Crippen LogP contribution is 2.15. The van der Waals surface area contributed by atoms with E-state index in [1.807, 2.05) is 122 Å². The first-order chi connectivity index (χ1) is 21.2. The fraction of sp³-hybridized carbons (Fsp3) is 0.0811. The minimum Gasteiger partial charge on any atom is -0.434 e. The Morgan fingerprint density at radius 3 is 1.50 bits per heavy atom. The van der Waals surface area contributed by atoms with Crippen molar-refractivity contribution >= 4 is 40.3 Å². The van der Waals surface area contributed by atoms with E-state index >= 15 is 0 Å². The van der Waals surface area contributed by atoms with Gasteiger partial charge in [-0.25, -0.2) is 0 Å². The summed E-state index contributed by atoms with van der Waals surface area (Å²) in [6, 6.07) is 39.5. The number of nitrogens with zero attached hydrogens (tertiary/aromatic N) is 1. The quantitative estimate of drug-likeness (QED) is 0.102. The second kappa shape index (κ2) is 19.2. The second-order valence-corrected chi connectivity index (χ2v) is 9.06. The van der Waals surface area contributed by atoms with E-state index in [4.69, 9.17) is 10.00 Å². The van der Waals surface area contributed by atoms with Gasteiger partial charge in [-0.2, -0.15) is 5.26 Å². The smallest absolute Gasteiger partial charge is 0.307 e. The lowest BCUT2D eigenvalue weighted by Gasteiger charge is -2.07. The van der Waals surface area contributed by atoms with Crippen molar-refractivity contribution in [1.82, 2.24) is 0 Å². The topological polar surface area (TPSA) is 105 Å². The van der Waals surface area contributed by atoms with Crippen LogP contribution in [0.15, 0.2) is 140 Å². The van der Waals surface area contributed by atoms with Crippen LogP contribution in [0.2, 0.25) is 0 Å². The summed E-state index contributed by atoms with van der Waals surface area (Å²) in [7, 11) is 0. The number of ether oxygens (including phenoxy) is 2. The molecule has 1 N–H and O–H groups in total. The molecular weight excluding hydrogens is 552 g/mol. The van der Waals surface area contributed by atoms with Crippen LogP contribution in [-0.2, 0) is 23.9 Å². The van der Waals surface area contributed by atoms with Gasteiger partial charge >= 0.3 is 11.9 Å². The summed E-state index contributed by atoms with van der Waals surface area (Å²) in [6.07, 6.45) is 2.63. The zero-order valence-electron chi connectivity index (χ0n) is 24.9. The molecule has 0 fully saturated rings. The van der Waals surface area contributed by atoms with Crippen molar-refractivity contribution in [3.05, 3.63) is 157 Å². The first-order valence-corrected chi connectivity index (χ1v) is 13.5. The lowest BCUT2D eigenvalue weighted by atomic mass is 10.1. The molecule has 0 aliphatic heterocycles. The van der Waals surface area contributed by atoms with Crippen molar-refractivity contribution in [2.75, 3.05) is 5.32 Å². The van der Waals surface area contributed by atoms with Crippen LogP contribution in [0.25, 0.3) is 16.7 Å². The normalized spacial score (nSPS) is 10.3. The van der Waals surface area contributed by atoms with E-state index in [1.165, 1.54) is 20.1 Å². The van der Waals surface area contributed by atoms with Gasteiger partial charge in [-0.3, -0.25) is 14.4 Å². The molecule has 0 radical (unpaired) electrons. The van der Waals surface area contributed by atoms with Gasteiger partial charge in [-0.15, -0.1) is 0 Å². The molecule has 4 aromatic carbocycles. The lowest BCUT2D eigenvalue weighted by molar-refractivity contribution is -0.136. The molecule has 0 atom stereocenters. The molecule has 0 bridgehead atoms. The summed E-state index contributed by atoms with van der Waals surface area (Å²) in [5.41, 5.74) is 5.14. The number of benzene rings is 4. The first kappa shape index (κ1) is 34.2. The standard InChI is InChI=1S/C15H13NO.C11H9NO2.C11H12O2/c1-12(13-8-4-2-5-9-13)15(17)16-14-10-6-3-7-11-14;1-9(13)14-8-11(7-12)10-5-3-2-4-6-10;1-9(8-13-10(2)12)11-6-4-3-5-7-11/h2-11H,1H2,(H,16,17);2-6,8H,1H3;3-8H,1-2H3/b;11-8+;9-8-. The number of esters is 2. The van der Waals surface area contributed by atoms with E-state index in [0.717, 1.165) is 34.2 Å². The van der Waals surface area contributed by atoms with Crippen molar-refractivity contribution in [3.8, 4) is 6.07 Å². The minimum absolute atomic E-state index is 0.178. The average molecular weight is 587 g/mol. The Kier molecular flexibility index (Phi) is 14.9. The third-order valence-electron chi connectivity index (χ3n) is 5.61. The highest BCUT2D eigenvalue weighted by Gasteiger charge is 2.08. The fourth-order valence-corrected chi connectivity index (χ4v) is 3.36. The number of anilines is 1. The van der Waals surface area contributed by atoms with E-state index in [2.05, 4.69) is 16.6 Å². The summed E-state index contributed by atoms with van der Waals surface area (Å²) in [4.78, 5) is 32.9. The monoisotopic (exact) mass is 586 g/mol. The number of amides is 1. The highest BCUT2D eigenvalue weighted by atomic mass is 16.5. The number of hydrogen-bond acceptors (Lipinski definition) is 6. The number of rotatable bonds is 7. The minimum atomic E-state index is -0.436. The second-order valence-electron chi connectivity index (χ2n) is 9.06. The van der Waals surface area contributed by atoms with Gasteiger partial charge in [0.1, 0.15) is 12.3 Å². The van der Waals surface area contributed by atoms with Crippen LogP contribution >= 0.6 is 0 Å². The Bertz CT molecular complexity index is 1610. The van der Waals surface area contributed by atoms with Crippen LogP contribution in [0.1, 0.15) is 37.5 Å². The van der Waals surface area contributed by atoms with Gasteiger partial charge in [0.05, 0.1) is 11.8 Å². The lowest BCUT2D eigenvalue weighted by Crippen LogP contribution is -2.12. The van der Waals surface area contributed by atoms with Gasteiger partial charge in [-0.1, -0.05) is 116 Å². The molecule has 0 spiro atoms. The van der Waals surface area contributed by atoms with Crippen LogP contribution in [-0.4, -0.2) is 17.8 Å². The number of carbonyl (C=O) groups excluding carboxylic acids is 3. The Hall–Kier alpha value is -6.00. The zero-order chi connectivity index (χ0) is 32.2. The molecule has 4 aromatic rings. The Balaban J connectivity index is 0.000000233. The maximum Gasteiger partial charge on any atom is 0.307 e. The maximum atomic E-state index is 11.9. The van der Waals surface area contributed by atoms with Gasteiger partial charge in [0, 0.05) is 25.1 Å². The molecule has 0 aliphatic carbocycles. The predicted octanol–water partition coefficient (Wildman–Crippen LogP) is 8.06. The number of allylic oxidation sites excluding steroid dienone is 2. The SMILES string of the molecule is C=C(C(=O)Nc1ccccc1)c1ccccc1.CC(=O)O/C=C(/C)c1ccccc1.CC(=O)O/C=C(\C#N)c1ccccc1. The molecule has 222 valence electrons. The van der Waals surface area contributed by atoms with Gasteiger partial charge in [-0.05, 0) is 41.3 Å². The highest BCUT2D eigenvalue weighted by molar-refractivity contribution is 6.24. The van der Waals surface area contributed by atoms with Crippen LogP contribution in [0.4, 0.5) is 5.69 Å². The van der Waals surface area contributed by atoms with Crippen molar-refractivity contribution < 1.29 is 23.9 Å². The van der Waals surface area contributed by atoms with E-state index in [1.54, 1.807) is 12.1 Å². The average Bonchev–Trinajstić information content (AvgIpc) is 3.06. The summed E-state index contributed by atoms with van der Waals surface area (Å²) in [6.45, 7) is 8.38. The van der Waals surface area contributed by atoms with Crippen molar-refractivity contribution in [2.24, 2.45) is 0 Å². The van der Waals surface area contributed by atoms with Gasteiger partial charge < -0.3 is 14.8 Å². The van der Waals surface area contributed by atoms with Crippen molar-refractivity contribution in [1.29, 1.82) is 5.26 Å². The zero-order valence-corrected chi connectivity index (χ0v) is 24.9. The van der Waals surface area contributed by atoms with E-state index in [-0.39, 0.29) is 11.9 Å². The number of carbonyl (C=O) groups is 3. The molecule has 0 heterocycles. The van der Waals surface area contributed by atoms with Crippen LogP contribution in [0.5, 0.6) is 0 Å². The third kappa shape index (κ3) is 13.1. The first-order valence-electron chi connectivity index (χ1n) is 13.5. The van der Waals surface area contributed by atoms with E-state index in [0.29, 0.717) is 11.1 Å². The van der Waals surface area contributed by atoms with Gasteiger partial charge in [0.25, 0.3) is 5.91 Å². The predicted molar refractivity (Wildman–Crippen MR) is 174 cm³/mol. The summed E-state index contributed by atoms with van der Waals surface area (Å²) < 4.78 is 9.38. The van der Waals surface area contributed by atoms with Crippen LogP contribution < -0.4 is 5.32 Å². The van der Waals surface area contributed by atoms with Crippen molar-refractivity contribution in [3.63, 3.8) is 0 Å². The molecule has 44 heavy (non-hydrogen) atoms. The van der Waals surface area contributed by atoms with Gasteiger partial charge in [0.2, 0.25) is 0 Å². The molecule has 0 saturated carbocycles. The Labute approximate surface area is 258 Å². The van der Waals surface area contributed by atoms with Crippen LogP contribution in [0.3, 0.4) is 0 Å². The third-order valence-corrected chi connectivity index (χ3v) is 5.61. The summed E-state index contributed by atoms with van der Waals surface area (Å²) >= 11 is 0. The maximum absolute atomic E-state index is 11.9. The Morgan fingerprint density at radius 2 is 1.05 bits per heavy atom. The molecule has 0 aliphatic rings. The molecular formula is C37H34N2O5. The van der Waals surface area contributed by atoms with E-state index in [9.17, 15) is 14.4 Å². The van der Waals surface area contributed by atoms with Gasteiger partial charge in [0.15, 0.2) is 0 Å². The summed E-state index contributed by atoms with van der Waals surface area (Å²) in [5, 5.41) is 11.6. The number of nitriles is 1.